The molecule has 1 rings (SSSR count). The molecule has 0 N–H and O–H groups in total. The van der Waals surface area contributed by atoms with Gasteiger partial charge in [0.25, 0.3) is 0 Å². The van der Waals surface area contributed by atoms with Crippen molar-refractivity contribution in [3.8, 4) is 0 Å². The summed E-state index contributed by atoms with van der Waals surface area (Å²) in [5, 5.41) is 0. The molecule has 1 radical (unpaired) electrons. The third-order valence-corrected chi connectivity index (χ3v) is 1.86. The Labute approximate surface area is 167 Å². The van der Waals surface area contributed by atoms with E-state index in [9.17, 15) is 30.7 Å². The molecular formula is C15H4F7O5Re-. The minimum absolute atomic E-state index is 0. The van der Waals surface area contributed by atoms with E-state index in [1.807, 2.05) is 0 Å². The van der Waals surface area contributed by atoms with Gasteiger partial charge in [0.15, 0.2) is 0 Å². The number of hydrogen-bond donors (Lipinski definition) is 0. The van der Waals surface area contributed by atoms with Crippen LogP contribution in [0.4, 0.5) is 30.7 Å². The van der Waals surface area contributed by atoms with Crippen molar-refractivity contribution in [2.45, 2.75) is 12.4 Å². The smallest absolute Gasteiger partial charge is 0 e. The van der Waals surface area contributed by atoms with E-state index >= 15 is 0 Å². The van der Waals surface area contributed by atoms with Gasteiger partial charge in [0.05, 0.1) is 0 Å². The molecule has 1 aromatic carbocycles. The summed E-state index contributed by atoms with van der Waals surface area (Å²) >= 11 is 0. The molecule has 151 valence electrons. The zero-order valence-corrected chi connectivity index (χ0v) is 15.6. The molecular weight excluding hydrogens is 579 g/mol. The molecule has 0 saturated carbocycles. The molecule has 5 nitrogen and oxygen atoms in total. The molecule has 0 aliphatic carbocycles. The topological polar surface area (TPSA) is 99.5 Å². The van der Waals surface area contributed by atoms with Crippen molar-refractivity contribution >= 4 is 5.57 Å². The van der Waals surface area contributed by atoms with Gasteiger partial charge in [-0.05, 0) is 0 Å². The number of benzene rings is 1. The number of rotatable bonds is 1. The van der Waals surface area contributed by atoms with Crippen LogP contribution in [0.1, 0.15) is 11.1 Å². The van der Waals surface area contributed by atoms with Crippen LogP contribution in [-0.4, -0.2) is 6.18 Å². The van der Waals surface area contributed by atoms with Crippen LogP contribution in [-0.2, 0) is 49.9 Å². The van der Waals surface area contributed by atoms with Crippen molar-refractivity contribution in [3.63, 3.8) is 0 Å². The van der Waals surface area contributed by atoms with E-state index in [1.54, 1.807) is 0 Å². The van der Waals surface area contributed by atoms with Gasteiger partial charge in [-0.25, -0.2) is 0 Å². The van der Waals surface area contributed by atoms with Crippen LogP contribution in [0.2, 0.25) is 0 Å². The van der Waals surface area contributed by atoms with Crippen molar-refractivity contribution in [1.29, 1.82) is 0 Å². The first-order valence-corrected chi connectivity index (χ1v) is 5.16. The van der Waals surface area contributed by atoms with Gasteiger partial charge in [0.2, 0.25) is 0 Å². The predicted molar refractivity (Wildman–Crippen MR) is 64.9 cm³/mol. The molecule has 0 unspecified atom stereocenters. The summed E-state index contributed by atoms with van der Waals surface area (Å²) in [5.74, 6) is 0. The van der Waals surface area contributed by atoms with Gasteiger partial charge in [0, 0.05) is 26.0 Å². The van der Waals surface area contributed by atoms with Crippen molar-refractivity contribution in [2.24, 2.45) is 0 Å². The molecule has 0 aliphatic heterocycles. The van der Waals surface area contributed by atoms with E-state index in [0.717, 1.165) is 12.1 Å². The van der Waals surface area contributed by atoms with E-state index in [2.05, 4.69) is 33.3 Å². The molecule has 0 fully saturated rings. The second-order valence-corrected chi connectivity index (χ2v) is 3.05. The van der Waals surface area contributed by atoms with Crippen LogP contribution in [0.25, 0.3) is 5.57 Å². The first-order valence-electron chi connectivity index (χ1n) is 5.16. The van der Waals surface area contributed by atoms with E-state index < -0.39 is 29.1 Å². The van der Waals surface area contributed by atoms with E-state index in [0.29, 0.717) is 12.4 Å². The SMILES string of the molecule is F[C-]=C(c1cccc(C(F)(F)F)c1)C(F)(F)F.[C-]#[O+].[C-]#[O+].[C-]#[O+].[C-]#[O+].[C-]#[O+].[Re]. The van der Waals surface area contributed by atoms with Crippen LogP contribution < -0.4 is 0 Å². The summed E-state index contributed by atoms with van der Waals surface area (Å²) in [5.41, 5.74) is -4.08. The van der Waals surface area contributed by atoms with E-state index in [4.69, 9.17) is 23.3 Å². The molecule has 0 amide bonds. The first-order chi connectivity index (χ1) is 12.7. The zero-order valence-electron chi connectivity index (χ0n) is 12.9. The molecule has 0 aromatic heterocycles. The maximum atomic E-state index is 12.2. The molecule has 0 atom stereocenters. The number of allylic oxidation sites excluding steroid dienone is 1. The van der Waals surface area contributed by atoms with Gasteiger partial charge in [-0.1, -0.05) is 24.0 Å². The monoisotopic (exact) mass is 584 g/mol. The fraction of sp³-hybridized carbons (Fsp3) is 0.133. The van der Waals surface area contributed by atoms with Crippen molar-refractivity contribution in [2.75, 3.05) is 0 Å². The molecule has 0 spiro atoms. The van der Waals surface area contributed by atoms with Crippen LogP contribution in [0.5, 0.6) is 0 Å². The van der Waals surface area contributed by atoms with Crippen LogP contribution in [0, 0.1) is 39.6 Å². The molecule has 13 heteroatoms. The normalized spacial score (nSPS) is 8.82. The Hall–Kier alpha value is -2.17. The Balaban J connectivity index is -0.0000000956. The standard InChI is InChI=1S/C10H4F7.5CO.Re/c11-5-8(10(15,16)17)6-2-1-3-7(4-6)9(12,13)14;5*1-2;/h1-4H;;;;;;/q-1;;;;;;. The fourth-order valence-electron chi connectivity index (χ4n) is 1.12. The van der Waals surface area contributed by atoms with Gasteiger partial charge in [-0.15, -0.1) is 12.1 Å². The average Bonchev–Trinajstić information content (AvgIpc) is 2.69. The zero-order chi connectivity index (χ0) is 23.3. The predicted octanol–water partition coefficient (Wildman–Crippen LogP) is 4.19. The van der Waals surface area contributed by atoms with Crippen LogP contribution >= 0.6 is 0 Å². The van der Waals surface area contributed by atoms with Crippen molar-refractivity contribution < 1.29 is 74.4 Å². The summed E-state index contributed by atoms with van der Waals surface area (Å²) < 4.78 is 123. The largest absolute Gasteiger partial charge is 0 e. The molecule has 28 heavy (non-hydrogen) atoms. The Morgan fingerprint density at radius 1 is 0.750 bits per heavy atom. The van der Waals surface area contributed by atoms with Gasteiger partial charge in [-0.2, -0.15) is 31.9 Å². The summed E-state index contributed by atoms with van der Waals surface area (Å²) in [4.78, 5) is 0. The number of halogens is 7. The Morgan fingerprint density at radius 2 is 1.11 bits per heavy atom. The molecule has 0 saturated heterocycles. The molecule has 1 aromatic rings. The van der Waals surface area contributed by atoms with Gasteiger partial charge in [-0.3, -0.25) is 0 Å². The van der Waals surface area contributed by atoms with Crippen LogP contribution in [0.15, 0.2) is 24.3 Å². The Morgan fingerprint density at radius 3 is 1.36 bits per heavy atom. The average molecular weight is 583 g/mol. The van der Waals surface area contributed by atoms with E-state index in [-0.39, 0.29) is 26.5 Å². The molecule has 0 heterocycles. The third-order valence-electron chi connectivity index (χ3n) is 1.86. The van der Waals surface area contributed by atoms with Crippen LogP contribution in [0.3, 0.4) is 0 Å². The third kappa shape index (κ3) is 18.6. The van der Waals surface area contributed by atoms with Crippen molar-refractivity contribution in [1.82, 2.24) is 0 Å². The van der Waals surface area contributed by atoms with E-state index in [1.165, 1.54) is 0 Å². The molecule has 0 aliphatic rings. The fourth-order valence-corrected chi connectivity index (χ4v) is 1.12. The van der Waals surface area contributed by atoms with Crippen molar-refractivity contribution in [3.05, 3.63) is 75.0 Å². The maximum Gasteiger partial charge on any atom is 0 e. The number of alkyl halides is 6. The minimum atomic E-state index is -5.10. The Kier molecular flexibility index (Phi) is 35.9. The van der Waals surface area contributed by atoms with Gasteiger partial charge >= 0.3 is 68.9 Å². The second kappa shape index (κ2) is 24.8. The van der Waals surface area contributed by atoms with Gasteiger partial charge in [0.1, 0.15) is 0 Å². The summed E-state index contributed by atoms with van der Waals surface area (Å²) in [7, 11) is 0. The maximum absolute atomic E-state index is 12.2. The molecule has 0 bridgehead atoms. The summed E-state index contributed by atoms with van der Waals surface area (Å²) in [6.45, 7) is 22.5. The number of hydrogen-bond acceptors (Lipinski definition) is 0. The van der Waals surface area contributed by atoms with Gasteiger partial charge < -0.3 is 4.39 Å². The summed E-state index contributed by atoms with van der Waals surface area (Å²) in [6.07, 6.45) is -9.53. The second-order valence-electron chi connectivity index (χ2n) is 3.05. The first kappa shape index (κ1) is 40.5. The Bertz CT molecular complexity index is 606. The quantitative estimate of drug-likeness (QED) is 0.269. The minimum Gasteiger partial charge on any atom is 0 e. The summed E-state index contributed by atoms with van der Waals surface area (Å²) in [6, 6.07) is 2.30.